The molecule has 0 N–H and O–H groups in total. The van der Waals surface area contributed by atoms with E-state index in [2.05, 4.69) is 37.4 Å². The van der Waals surface area contributed by atoms with Crippen LogP contribution in [-0.2, 0) is 4.79 Å². The summed E-state index contributed by atoms with van der Waals surface area (Å²) in [7, 11) is 0. The largest absolute Gasteiger partial charge is 0.312 e. The molecule has 5 aromatic rings. The van der Waals surface area contributed by atoms with Crippen molar-refractivity contribution in [3.63, 3.8) is 0 Å². The molecule has 6 rings (SSSR count). The Bertz CT molecular complexity index is 1560. The number of amides is 1. The maximum atomic E-state index is 12.1. The predicted molar refractivity (Wildman–Crippen MR) is 128 cm³/mol. The number of nitrogens with zero attached hydrogens (tertiary/aromatic N) is 5. The van der Waals surface area contributed by atoms with Crippen molar-refractivity contribution in [3.8, 4) is 17.5 Å². The molecule has 1 saturated heterocycles. The van der Waals surface area contributed by atoms with Crippen LogP contribution in [0.4, 0.5) is 5.69 Å². The van der Waals surface area contributed by atoms with Crippen molar-refractivity contribution in [1.29, 1.82) is 0 Å². The van der Waals surface area contributed by atoms with Crippen LogP contribution in [0, 0.1) is 11.8 Å². The van der Waals surface area contributed by atoms with E-state index in [9.17, 15) is 4.79 Å². The van der Waals surface area contributed by atoms with Crippen molar-refractivity contribution >= 4 is 33.5 Å². The number of imidazole rings is 1. The number of hydrogen-bond donors (Lipinski definition) is 0. The maximum Gasteiger partial charge on any atom is 0.227 e. The average Bonchev–Trinajstić information content (AvgIpc) is 3.50. The Kier molecular flexibility index (Phi) is 4.59. The molecule has 33 heavy (non-hydrogen) atoms. The van der Waals surface area contributed by atoms with Crippen LogP contribution >= 0.6 is 0 Å². The first kappa shape index (κ1) is 19.2. The zero-order valence-electron chi connectivity index (χ0n) is 17.8. The second kappa shape index (κ2) is 7.88. The van der Waals surface area contributed by atoms with Crippen molar-refractivity contribution in [2.45, 2.75) is 12.8 Å². The van der Waals surface area contributed by atoms with Crippen LogP contribution in [-0.4, -0.2) is 32.0 Å². The molecule has 0 bridgehead atoms. The van der Waals surface area contributed by atoms with Gasteiger partial charge in [0.1, 0.15) is 11.8 Å². The van der Waals surface area contributed by atoms with E-state index >= 15 is 0 Å². The quantitative estimate of drug-likeness (QED) is 0.388. The first-order chi connectivity index (χ1) is 16.3. The van der Waals surface area contributed by atoms with E-state index in [1.165, 1.54) is 0 Å². The smallest absolute Gasteiger partial charge is 0.227 e. The summed E-state index contributed by atoms with van der Waals surface area (Å²) in [5, 5.41) is 0.988. The minimum atomic E-state index is 0.188. The fourth-order valence-corrected chi connectivity index (χ4v) is 4.26. The third-order valence-electron chi connectivity index (χ3n) is 5.90. The van der Waals surface area contributed by atoms with Gasteiger partial charge in [-0.05, 0) is 61.0 Å². The van der Waals surface area contributed by atoms with Crippen LogP contribution in [0.5, 0.6) is 0 Å². The highest BCUT2D eigenvalue weighted by molar-refractivity contribution is 6.03. The van der Waals surface area contributed by atoms with Crippen LogP contribution in [0.25, 0.3) is 27.6 Å². The highest BCUT2D eigenvalue weighted by Gasteiger charge is 2.21. The third-order valence-corrected chi connectivity index (χ3v) is 5.90. The van der Waals surface area contributed by atoms with Gasteiger partial charge >= 0.3 is 0 Å². The van der Waals surface area contributed by atoms with Crippen LogP contribution in [0.3, 0.4) is 0 Å². The molecule has 0 atom stereocenters. The number of carbonyl (C=O) groups excluding carboxylic acids is 1. The lowest BCUT2D eigenvalue weighted by molar-refractivity contribution is -0.117. The Morgan fingerprint density at radius 1 is 0.848 bits per heavy atom. The van der Waals surface area contributed by atoms with Crippen molar-refractivity contribution in [3.05, 3.63) is 90.6 Å². The van der Waals surface area contributed by atoms with Gasteiger partial charge in [0.25, 0.3) is 0 Å². The Morgan fingerprint density at radius 3 is 2.48 bits per heavy atom. The van der Waals surface area contributed by atoms with E-state index in [4.69, 9.17) is 0 Å². The normalized spacial score (nSPS) is 13.5. The van der Waals surface area contributed by atoms with Gasteiger partial charge in [0.2, 0.25) is 5.91 Å². The highest BCUT2D eigenvalue weighted by atomic mass is 16.2. The molecule has 6 nitrogen and oxygen atoms in total. The van der Waals surface area contributed by atoms with Crippen LogP contribution in [0.2, 0.25) is 0 Å². The van der Waals surface area contributed by atoms with E-state index in [1.54, 1.807) is 18.6 Å². The van der Waals surface area contributed by atoms with Crippen molar-refractivity contribution in [2.24, 2.45) is 0 Å². The summed E-state index contributed by atoms with van der Waals surface area (Å²) in [4.78, 5) is 27.2. The monoisotopic (exact) mass is 429 g/mol. The lowest BCUT2D eigenvalue weighted by atomic mass is 10.1. The Labute approximate surface area is 190 Å². The Hall–Kier alpha value is -4.50. The third kappa shape index (κ3) is 3.50. The molecule has 1 aliphatic rings. The van der Waals surface area contributed by atoms with Crippen molar-refractivity contribution in [2.75, 3.05) is 11.4 Å². The molecule has 1 fully saturated rings. The molecular weight excluding hydrogens is 410 g/mol. The van der Waals surface area contributed by atoms with Gasteiger partial charge < -0.3 is 4.90 Å². The van der Waals surface area contributed by atoms with Crippen molar-refractivity contribution < 1.29 is 4.79 Å². The fraction of sp³-hybridized carbons (Fsp3) is 0.111. The zero-order chi connectivity index (χ0) is 22.2. The Morgan fingerprint density at radius 2 is 1.70 bits per heavy atom. The number of rotatable bonds is 2. The van der Waals surface area contributed by atoms with Crippen molar-refractivity contribution in [1.82, 2.24) is 19.5 Å². The number of hydrogen-bond acceptors (Lipinski definition) is 4. The van der Waals surface area contributed by atoms with Crippen LogP contribution < -0.4 is 4.90 Å². The van der Waals surface area contributed by atoms with E-state index in [0.717, 1.165) is 57.4 Å². The molecule has 1 amide bonds. The summed E-state index contributed by atoms with van der Waals surface area (Å²) >= 11 is 0. The first-order valence-electron chi connectivity index (χ1n) is 10.8. The first-order valence-corrected chi connectivity index (χ1v) is 10.8. The number of benzene rings is 2. The Balaban J connectivity index is 1.43. The molecule has 6 heteroatoms. The van der Waals surface area contributed by atoms with Gasteiger partial charge in [-0.1, -0.05) is 11.8 Å². The van der Waals surface area contributed by atoms with E-state index in [0.29, 0.717) is 6.42 Å². The summed E-state index contributed by atoms with van der Waals surface area (Å²) in [6, 6.07) is 17.9. The molecule has 0 radical (unpaired) electrons. The van der Waals surface area contributed by atoms with Gasteiger partial charge in [-0.25, -0.2) is 4.98 Å². The summed E-state index contributed by atoms with van der Waals surface area (Å²) < 4.78 is 2.06. The number of aromatic nitrogens is 4. The van der Waals surface area contributed by atoms with Gasteiger partial charge in [-0.2, -0.15) is 0 Å². The molecule has 1 aliphatic heterocycles. The minimum absolute atomic E-state index is 0.188. The maximum absolute atomic E-state index is 12.1. The SMILES string of the molecule is O=C1CCCN1c1ccc(-n2cnc3cnc4ccc(C#Cc5cccnc5)cc4c32)cc1. The molecule has 2 aromatic carbocycles. The number of pyridine rings is 2. The number of fused-ring (bicyclic) bond motifs is 3. The summed E-state index contributed by atoms with van der Waals surface area (Å²) in [6.07, 6.45) is 8.64. The molecule has 158 valence electrons. The van der Waals surface area contributed by atoms with Crippen LogP contribution in [0.1, 0.15) is 24.0 Å². The molecule has 3 aromatic heterocycles. The van der Waals surface area contributed by atoms with Crippen LogP contribution in [0.15, 0.2) is 79.5 Å². The zero-order valence-corrected chi connectivity index (χ0v) is 17.8. The minimum Gasteiger partial charge on any atom is -0.312 e. The summed E-state index contributed by atoms with van der Waals surface area (Å²) in [5.74, 6) is 6.58. The molecular formula is C27H19N5O. The molecule has 0 spiro atoms. The van der Waals surface area contributed by atoms with Gasteiger partial charge in [-0.15, -0.1) is 0 Å². The van der Waals surface area contributed by atoms with E-state index in [1.807, 2.05) is 59.8 Å². The predicted octanol–water partition coefficient (Wildman–Crippen LogP) is 4.50. The lowest BCUT2D eigenvalue weighted by Gasteiger charge is -2.16. The fourth-order valence-electron chi connectivity index (χ4n) is 4.26. The van der Waals surface area contributed by atoms with Gasteiger partial charge in [0.05, 0.1) is 17.2 Å². The second-order valence-electron chi connectivity index (χ2n) is 8.00. The van der Waals surface area contributed by atoms with Gasteiger partial charge in [0, 0.05) is 53.2 Å². The lowest BCUT2D eigenvalue weighted by Crippen LogP contribution is -2.23. The average molecular weight is 429 g/mol. The van der Waals surface area contributed by atoms with Gasteiger partial charge in [-0.3, -0.25) is 19.3 Å². The number of carbonyl (C=O) groups is 1. The second-order valence-corrected chi connectivity index (χ2v) is 8.00. The standard InChI is InChI=1S/C27H19N5O/c33-26-4-2-14-31(26)21-8-10-22(11-9-21)32-18-30-25-17-29-24-12-7-19(15-23(24)27(25)32)5-6-20-3-1-13-28-16-20/h1,3,7-13,15-18H,2,4,14H2. The van der Waals surface area contributed by atoms with Gasteiger partial charge in [0.15, 0.2) is 0 Å². The molecule has 0 aliphatic carbocycles. The van der Waals surface area contributed by atoms with E-state index < -0.39 is 0 Å². The molecule has 0 saturated carbocycles. The summed E-state index contributed by atoms with van der Waals surface area (Å²) in [5.41, 5.74) is 6.37. The topological polar surface area (TPSA) is 63.9 Å². The highest BCUT2D eigenvalue weighted by Crippen LogP contribution is 2.28. The number of anilines is 1. The van der Waals surface area contributed by atoms with E-state index in [-0.39, 0.29) is 5.91 Å². The molecule has 4 heterocycles. The molecule has 0 unspecified atom stereocenters. The summed E-state index contributed by atoms with van der Waals surface area (Å²) in [6.45, 7) is 0.783.